The van der Waals surface area contributed by atoms with Crippen LogP contribution in [-0.4, -0.2) is 16.4 Å². The highest BCUT2D eigenvalue weighted by Crippen LogP contribution is 2.41. The largest absolute Gasteiger partial charge is 0.506 e. The fourth-order valence-electron chi connectivity index (χ4n) is 3.19. The lowest BCUT2D eigenvalue weighted by Crippen LogP contribution is -2.41. The van der Waals surface area contributed by atoms with Crippen molar-refractivity contribution < 1.29 is 10.2 Å². The van der Waals surface area contributed by atoms with Gasteiger partial charge >= 0.3 is 0 Å². The lowest BCUT2D eigenvalue weighted by atomic mass is 9.89. The van der Waals surface area contributed by atoms with Gasteiger partial charge < -0.3 is 15.1 Å². The molecule has 0 radical (unpaired) electrons. The summed E-state index contributed by atoms with van der Waals surface area (Å²) in [6.07, 6.45) is -1.09. The molecule has 132 valence electrons. The van der Waals surface area contributed by atoms with E-state index < -0.39 is 6.23 Å². The second-order valence-electron chi connectivity index (χ2n) is 6.38. The summed E-state index contributed by atoms with van der Waals surface area (Å²) < 4.78 is 0. The van der Waals surface area contributed by atoms with Crippen molar-refractivity contribution in [3.8, 4) is 6.07 Å². The minimum absolute atomic E-state index is 0.138. The predicted octanol–water partition coefficient (Wildman–Crippen LogP) is 4.88. The van der Waals surface area contributed by atoms with Gasteiger partial charge in [-0.25, -0.2) is 0 Å². The summed E-state index contributed by atoms with van der Waals surface area (Å²) in [5, 5.41) is 32.1. The van der Waals surface area contributed by atoms with E-state index >= 15 is 0 Å². The summed E-state index contributed by atoms with van der Waals surface area (Å²) in [5.41, 5.74) is 2.42. The highest BCUT2D eigenvalue weighted by molar-refractivity contribution is 6.30. The van der Waals surface area contributed by atoms with Crippen LogP contribution in [0.3, 0.4) is 0 Å². The SMILES string of the molecule is CC(C)C1=C(O)C(C#N)=C(c2ccccc2)N(c2ccc(Cl)cc2)C1O. The first-order chi connectivity index (χ1) is 12.5. The highest BCUT2D eigenvalue weighted by atomic mass is 35.5. The van der Waals surface area contributed by atoms with E-state index in [-0.39, 0.29) is 17.3 Å². The Hall–Kier alpha value is -2.74. The molecule has 5 heteroatoms. The minimum Gasteiger partial charge on any atom is -0.506 e. The minimum atomic E-state index is -1.09. The molecule has 1 aliphatic rings. The molecule has 1 heterocycles. The van der Waals surface area contributed by atoms with Crippen LogP contribution in [0.1, 0.15) is 19.4 Å². The van der Waals surface area contributed by atoms with Crippen LogP contribution >= 0.6 is 11.6 Å². The van der Waals surface area contributed by atoms with Crippen LogP contribution in [0.2, 0.25) is 5.02 Å². The number of allylic oxidation sites excluding steroid dienone is 1. The van der Waals surface area contributed by atoms with Crippen LogP contribution in [0.4, 0.5) is 5.69 Å². The van der Waals surface area contributed by atoms with E-state index in [1.165, 1.54) is 0 Å². The monoisotopic (exact) mass is 366 g/mol. The standard InChI is InChI=1S/C21H19ClN2O2/c1-13(2)18-20(25)17(12-23)19(14-6-4-3-5-7-14)24(21(18)26)16-10-8-15(22)9-11-16/h3-11,13,21,25-26H,1-2H3. The fourth-order valence-corrected chi connectivity index (χ4v) is 3.32. The summed E-state index contributed by atoms with van der Waals surface area (Å²) in [4.78, 5) is 1.67. The summed E-state index contributed by atoms with van der Waals surface area (Å²) in [6.45, 7) is 3.74. The number of halogens is 1. The van der Waals surface area contributed by atoms with Crippen molar-refractivity contribution in [1.82, 2.24) is 0 Å². The first-order valence-corrected chi connectivity index (χ1v) is 8.69. The van der Waals surface area contributed by atoms with Gasteiger partial charge in [-0.2, -0.15) is 5.26 Å². The van der Waals surface area contributed by atoms with Crippen LogP contribution in [0.5, 0.6) is 0 Å². The van der Waals surface area contributed by atoms with Crippen molar-refractivity contribution in [2.45, 2.75) is 20.1 Å². The van der Waals surface area contributed by atoms with Gasteiger partial charge in [0.05, 0.1) is 5.70 Å². The molecule has 0 aliphatic carbocycles. The lowest BCUT2D eigenvalue weighted by Gasteiger charge is -2.39. The molecule has 0 saturated carbocycles. The second-order valence-corrected chi connectivity index (χ2v) is 6.82. The molecule has 0 amide bonds. The Labute approximate surface area is 157 Å². The summed E-state index contributed by atoms with van der Waals surface area (Å²) in [6, 6.07) is 18.4. The van der Waals surface area contributed by atoms with Crippen molar-refractivity contribution in [3.63, 3.8) is 0 Å². The molecule has 0 fully saturated rings. The van der Waals surface area contributed by atoms with Crippen LogP contribution in [0.25, 0.3) is 5.70 Å². The summed E-state index contributed by atoms with van der Waals surface area (Å²) in [5.74, 6) is -0.292. The number of hydrogen-bond donors (Lipinski definition) is 2. The fraction of sp³-hybridized carbons (Fsp3) is 0.190. The zero-order valence-corrected chi connectivity index (χ0v) is 15.3. The van der Waals surface area contributed by atoms with Gasteiger partial charge in [0.25, 0.3) is 0 Å². The number of anilines is 1. The van der Waals surface area contributed by atoms with Crippen molar-refractivity contribution in [2.24, 2.45) is 5.92 Å². The zero-order valence-electron chi connectivity index (χ0n) is 14.5. The maximum atomic E-state index is 11.1. The van der Waals surface area contributed by atoms with Crippen LogP contribution in [-0.2, 0) is 0 Å². The Morgan fingerprint density at radius 3 is 2.23 bits per heavy atom. The number of benzene rings is 2. The molecular formula is C21H19ClN2O2. The van der Waals surface area contributed by atoms with E-state index in [4.69, 9.17) is 11.6 Å². The third-order valence-corrected chi connectivity index (χ3v) is 4.65. The third kappa shape index (κ3) is 3.08. The number of nitrogens with zero attached hydrogens (tertiary/aromatic N) is 2. The number of aliphatic hydroxyl groups is 2. The molecule has 2 N–H and O–H groups in total. The van der Waals surface area contributed by atoms with Crippen LogP contribution < -0.4 is 4.90 Å². The predicted molar refractivity (Wildman–Crippen MR) is 103 cm³/mol. The molecule has 1 unspecified atom stereocenters. The van der Waals surface area contributed by atoms with Gasteiger partial charge in [-0.05, 0) is 35.7 Å². The molecule has 0 spiro atoms. The van der Waals surface area contributed by atoms with Crippen LogP contribution in [0.15, 0.2) is 71.5 Å². The maximum absolute atomic E-state index is 11.1. The van der Waals surface area contributed by atoms with Crippen molar-refractivity contribution in [2.75, 3.05) is 4.90 Å². The molecule has 26 heavy (non-hydrogen) atoms. The summed E-state index contributed by atoms with van der Waals surface area (Å²) >= 11 is 6.00. The Bertz CT molecular complexity index is 909. The van der Waals surface area contributed by atoms with Crippen LogP contribution in [0, 0.1) is 17.2 Å². The topological polar surface area (TPSA) is 67.5 Å². The van der Waals surface area contributed by atoms with E-state index in [0.717, 1.165) is 5.56 Å². The van der Waals surface area contributed by atoms with Gasteiger partial charge in [-0.1, -0.05) is 55.8 Å². The molecule has 1 atom stereocenters. The first kappa shape index (κ1) is 18.1. The molecule has 0 aromatic heterocycles. The van der Waals surface area contributed by atoms with Gasteiger partial charge in [-0.3, -0.25) is 0 Å². The first-order valence-electron chi connectivity index (χ1n) is 8.31. The number of rotatable bonds is 3. The van der Waals surface area contributed by atoms with Crippen molar-refractivity contribution in [1.29, 1.82) is 5.26 Å². The lowest BCUT2D eigenvalue weighted by molar-refractivity contribution is 0.195. The molecule has 3 rings (SSSR count). The quantitative estimate of drug-likeness (QED) is 0.812. The third-order valence-electron chi connectivity index (χ3n) is 4.40. The molecule has 2 aromatic rings. The molecular weight excluding hydrogens is 348 g/mol. The average molecular weight is 367 g/mol. The van der Waals surface area contributed by atoms with E-state index in [1.807, 2.05) is 44.2 Å². The second kappa shape index (κ2) is 7.25. The van der Waals surface area contributed by atoms with E-state index in [0.29, 0.717) is 22.0 Å². The van der Waals surface area contributed by atoms with Crippen molar-refractivity contribution >= 4 is 23.0 Å². The Kier molecular flexibility index (Phi) is 5.03. The smallest absolute Gasteiger partial charge is 0.157 e. The number of hydrogen-bond acceptors (Lipinski definition) is 4. The molecule has 0 bridgehead atoms. The Balaban J connectivity index is 2.31. The molecule has 1 aliphatic heterocycles. The Morgan fingerprint density at radius 1 is 1.08 bits per heavy atom. The highest BCUT2D eigenvalue weighted by Gasteiger charge is 2.36. The number of aliphatic hydroxyl groups excluding tert-OH is 2. The van der Waals surface area contributed by atoms with Gasteiger partial charge in [0, 0.05) is 16.3 Å². The molecule has 0 saturated heterocycles. The van der Waals surface area contributed by atoms with Gasteiger partial charge in [0.15, 0.2) is 6.23 Å². The van der Waals surface area contributed by atoms with E-state index in [1.54, 1.807) is 29.2 Å². The zero-order chi connectivity index (χ0) is 18.8. The summed E-state index contributed by atoms with van der Waals surface area (Å²) in [7, 11) is 0. The number of nitriles is 1. The van der Waals surface area contributed by atoms with Gasteiger partial charge in [0.1, 0.15) is 17.4 Å². The van der Waals surface area contributed by atoms with Crippen molar-refractivity contribution in [3.05, 3.63) is 82.1 Å². The maximum Gasteiger partial charge on any atom is 0.157 e. The van der Waals surface area contributed by atoms with Gasteiger partial charge in [0.2, 0.25) is 0 Å². The Morgan fingerprint density at radius 2 is 1.69 bits per heavy atom. The van der Waals surface area contributed by atoms with Gasteiger partial charge in [-0.15, -0.1) is 0 Å². The van der Waals surface area contributed by atoms with E-state index in [2.05, 4.69) is 6.07 Å². The van der Waals surface area contributed by atoms with E-state index in [9.17, 15) is 15.5 Å². The molecule has 4 nitrogen and oxygen atoms in total. The normalized spacial score (nSPS) is 17.7. The molecule has 2 aromatic carbocycles. The average Bonchev–Trinajstić information content (AvgIpc) is 2.63.